The summed E-state index contributed by atoms with van der Waals surface area (Å²) in [7, 11) is -0.665. The summed E-state index contributed by atoms with van der Waals surface area (Å²) in [5.41, 5.74) is 1.23. The zero-order valence-corrected chi connectivity index (χ0v) is 18.4. The molecule has 164 valence electrons. The van der Waals surface area contributed by atoms with Gasteiger partial charge in [0.1, 0.15) is 0 Å². The maximum Gasteiger partial charge on any atom is 0.337 e. The third-order valence-corrected chi connectivity index (χ3v) is 6.26. The Labute approximate surface area is 177 Å². The molecule has 2 rings (SSSR count). The molecule has 0 unspecified atom stereocenters. The Kier molecular flexibility index (Phi) is 8.08. The van der Waals surface area contributed by atoms with Crippen molar-refractivity contribution >= 4 is 21.7 Å². The number of carboxylic acids is 1. The van der Waals surface area contributed by atoms with E-state index in [0.29, 0.717) is 36.6 Å². The summed E-state index contributed by atoms with van der Waals surface area (Å²) in [6, 6.07) is 9.36. The Bertz CT molecular complexity index is 991. The second-order valence-electron chi connectivity index (χ2n) is 6.81. The minimum atomic E-state index is -3.79. The molecule has 2 aromatic carbocycles. The van der Waals surface area contributed by atoms with Gasteiger partial charge in [-0.3, -0.25) is 0 Å². The van der Waals surface area contributed by atoms with Crippen LogP contribution in [-0.2, 0) is 16.4 Å². The molecule has 8 nitrogen and oxygen atoms in total. The van der Waals surface area contributed by atoms with Crippen molar-refractivity contribution in [2.45, 2.75) is 37.6 Å². The normalized spacial score (nSPS) is 12.3. The van der Waals surface area contributed by atoms with Crippen LogP contribution in [0.25, 0.3) is 0 Å². The standard InChI is InChI=1S/C21H28N2O6S/c1-5-14(2)23-30(26,27)16-7-8-18(17(13-16)21(24)25)22-11-10-15-6-9-19(28-3)20(12-15)29-4/h6-9,12-14,22-23H,5,10-11H2,1-4H3,(H,24,25)/t14-/m0/s1. The van der Waals surface area contributed by atoms with E-state index in [9.17, 15) is 18.3 Å². The first-order chi connectivity index (χ1) is 14.2. The molecule has 0 heterocycles. The van der Waals surface area contributed by atoms with Crippen LogP contribution in [-0.4, -0.2) is 46.3 Å². The Balaban J connectivity index is 2.15. The van der Waals surface area contributed by atoms with Crippen molar-refractivity contribution in [3.8, 4) is 11.5 Å². The van der Waals surface area contributed by atoms with Crippen LogP contribution in [0.15, 0.2) is 41.3 Å². The molecule has 3 N–H and O–H groups in total. The van der Waals surface area contributed by atoms with Crippen molar-refractivity contribution in [2.24, 2.45) is 0 Å². The second kappa shape index (κ2) is 10.3. The summed E-state index contributed by atoms with van der Waals surface area (Å²) in [4.78, 5) is 11.6. The maximum atomic E-state index is 12.5. The number of nitrogens with one attached hydrogen (secondary N) is 2. The smallest absolute Gasteiger partial charge is 0.337 e. The number of carboxylic acid groups (broad SMARTS) is 1. The van der Waals surface area contributed by atoms with E-state index in [0.717, 1.165) is 5.56 Å². The highest BCUT2D eigenvalue weighted by Gasteiger charge is 2.20. The zero-order valence-electron chi connectivity index (χ0n) is 17.6. The molecule has 0 aliphatic heterocycles. The highest BCUT2D eigenvalue weighted by atomic mass is 32.2. The van der Waals surface area contributed by atoms with Crippen LogP contribution >= 0.6 is 0 Å². The molecule has 2 aromatic rings. The summed E-state index contributed by atoms with van der Waals surface area (Å²) >= 11 is 0. The van der Waals surface area contributed by atoms with Crippen LogP contribution < -0.4 is 19.5 Å². The number of ether oxygens (including phenoxy) is 2. The highest BCUT2D eigenvalue weighted by Crippen LogP contribution is 2.28. The highest BCUT2D eigenvalue weighted by molar-refractivity contribution is 7.89. The number of anilines is 1. The third-order valence-electron chi connectivity index (χ3n) is 4.68. The molecule has 0 aromatic heterocycles. The number of carbonyl (C=O) groups is 1. The van der Waals surface area contributed by atoms with Gasteiger partial charge >= 0.3 is 5.97 Å². The van der Waals surface area contributed by atoms with Gasteiger partial charge in [0, 0.05) is 18.3 Å². The van der Waals surface area contributed by atoms with Crippen molar-refractivity contribution in [3.63, 3.8) is 0 Å². The van der Waals surface area contributed by atoms with Gasteiger partial charge in [-0.2, -0.15) is 0 Å². The molecule has 0 aliphatic rings. The van der Waals surface area contributed by atoms with Gasteiger partial charge in [-0.15, -0.1) is 0 Å². The molecule has 0 spiro atoms. The summed E-state index contributed by atoms with van der Waals surface area (Å²) in [6.07, 6.45) is 1.23. The van der Waals surface area contributed by atoms with Crippen LogP contribution in [0, 0.1) is 0 Å². The van der Waals surface area contributed by atoms with Crippen molar-refractivity contribution in [1.82, 2.24) is 4.72 Å². The van der Waals surface area contributed by atoms with E-state index < -0.39 is 16.0 Å². The van der Waals surface area contributed by atoms with Gasteiger partial charge in [0.2, 0.25) is 10.0 Å². The summed E-state index contributed by atoms with van der Waals surface area (Å²) in [5, 5.41) is 12.6. The fourth-order valence-electron chi connectivity index (χ4n) is 2.82. The van der Waals surface area contributed by atoms with Gasteiger partial charge in [0.25, 0.3) is 0 Å². The lowest BCUT2D eigenvalue weighted by atomic mass is 10.1. The number of methoxy groups -OCH3 is 2. The Morgan fingerprint density at radius 2 is 1.80 bits per heavy atom. The van der Waals surface area contributed by atoms with Gasteiger partial charge in [-0.05, 0) is 55.7 Å². The van der Waals surface area contributed by atoms with E-state index in [-0.39, 0.29) is 16.5 Å². The van der Waals surface area contributed by atoms with Crippen LogP contribution in [0.4, 0.5) is 5.69 Å². The second-order valence-corrected chi connectivity index (χ2v) is 8.52. The number of rotatable bonds is 11. The van der Waals surface area contributed by atoms with Crippen LogP contribution in [0.3, 0.4) is 0 Å². The Hall–Kier alpha value is -2.78. The van der Waals surface area contributed by atoms with Crippen molar-refractivity contribution in [3.05, 3.63) is 47.5 Å². The minimum absolute atomic E-state index is 0.0781. The molecule has 9 heteroatoms. The molecule has 1 atom stereocenters. The molecule has 0 saturated heterocycles. The predicted molar refractivity (Wildman–Crippen MR) is 115 cm³/mol. The first-order valence-electron chi connectivity index (χ1n) is 9.56. The third kappa shape index (κ3) is 5.87. The largest absolute Gasteiger partial charge is 0.493 e. The molecular formula is C21H28N2O6S. The molecular weight excluding hydrogens is 408 g/mol. The SMILES string of the molecule is CC[C@H](C)NS(=O)(=O)c1ccc(NCCc2ccc(OC)c(OC)c2)c(C(=O)O)c1. The van der Waals surface area contributed by atoms with Crippen molar-refractivity contribution in [2.75, 3.05) is 26.1 Å². The molecule has 0 bridgehead atoms. The average molecular weight is 437 g/mol. The zero-order chi connectivity index (χ0) is 22.3. The molecule has 0 saturated carbocycles. The molecule has 0 amide bonds. The molecule has 0 aliphatic carbocycles. The number of benzene rings is 2. The first kappa shape index (κ1) is 23.5. The van der Waals surface area contributed by atoms with E-state index in [2.05, 4.69) is 10.0 Å². The summed E-state index contributed by atoms with van der Waals surface area (Å²) < 4.78 is 37.9. The number of hydrogen-bond acceptors (Lipinski definition) is 6. The fraction of sp³-hybridized carbons (Fsp3) is 0.381. The van der Waals surface area contributed by atoms with E-state index in [4.69, 9.17) is 9.47 Å². The number of hydrogen-bond donors (Lipinski definition) is 3. The van der Waals surface area contributed by atoms with Crippen LogP contribution in [0.1, 0.15) is 36.2 Å². The molecule has 30 heavy (non-hydrogen) atoms. The van der Waals surface area contributed by atoms with E-state index in [1.807, 2.05) is 19.1 Å². The van der Waals surface area contributed by atoms with Crippen LogP contribution in [0.2, 0.25) is 0 Å². The maximum absolute atomic E-state index is 12.5. The number of sulfonamides is 1. The number of aromatic carboxylic acids is 1. The van der Waals surface area contributed by atoms with E-state index in [1.54, 1.807) is 27.2 Å². The van der Waals surface area contributed by atoms with E-state index in [1.165, 1.54) is 18.2 Å². The quantitative estimate of drug-likeness (QED) is 0.496. The Morgan fingerprint density at radius 1 is 1.10 bits per heavy atom. The lowest BCUT2D eigenvalue weighted by Crippen LogP contribution is -2.32. The lowest BCUT2D eigenvalue weighted by Gasteiger charge is -2.15. The topological polar surface area (TPSA) is 114 Å². The van der Waals surface area contributed by atoms with Gasteiger partial charge in [-0.1, -0.05) is 13.0 Å². The first-order valence-corrected chi connectivity index (χ1v) is 11.0. The Morgan fingerprint density at radius 3 is 2.40 bits per heavy atom. The summed E-state index contributed by atoms with van der Waals surface area (Å²) in [5.74, 6) is 0.0407. The van der Waals surface area contributed by atoms with Crippen molar-refractivity contribution in [1.29, 1.82) is 0 Å². The minimum Gasteiger partial charge on any atom is -0.493 e. The van der Waals surface area contributed by atoms with Gasteiger partial charge in [-0.25, -0.2) is 17.9 Å². The molecule has 0 radical (unpaired) electrons. The average Bonchev–Trinajstić information content (AvgIpc) is 2.73. The van der Waals surface area contributed by atoms with Gasteiger partial charge in [0.15, 0.2) is 11.5 Å². The summed E-state index contributed by atoms with van der Waals surface area (Å²) in [6.45, 7) is 4.06. The fourth-order valence-corrected chi connectivity index (χ4v) is 4.17. The lowest BCUT2D eigenvalue weighted by molar-refractivity contribution is 0.0697. The van der Waals surface area contributed by atoms with Crippen LogP contribution in [0.5, 0.6) is 11.5 Å². The predicted octanol–water partition coefficient (Wildman–Crippen LogP) is 3.13. The van der Waals surface area contributed by atoms with Crippen molar-refractivity contribution < 1.29 is 27.8 Å². The molecule has 0 fully saturated rings. The van der Waals surface area contributed by atoms with Gasteiger partial charge < -0.3 is 19.9 Å². The monoisotopic (exact) mass is 436 g/mol. The van der Waals surface area contributed by atoms with E-state index >= 15 is 0 Å². The van der Waals surface area contributed by atoms with Gasteiger partial charge in [0.05, 0.1) is 24.7 Å².